The first-order chi connectivity index (χ1) is 19.0. The molecule has 3 N–H and O–H groups in total. The molecule has 232 valence electrons. The van der Waals surface area contributed by atoms with Gasteiger partial charge in [-0.25, -0.2) is 9.59 Å². The Kier molecular flexibility index (Phi) is 14.1. The molecule has 1 aromatic carbocycles. The maximum absolute atomic E-state index is 12.6. The highest BCUT2D eigenvalue weighted by Crippen LogP contribution is 2.38. The van der Waals surface area contributed by atoms with Gasteiger partial charge in [0.2, 0.25) is 0 Å². The predicted molar refractivity (Wildman–Crippen MR) is 152 cm³/mol. The molecule has 6 atom stereocenters. The average Bonchev–Trinajstić information content (AvgIpc) is 2.84. The average molecular weight is 582 g/mol. The van der Waals surface area contributed by atoms with Crippen LogP contribution in [0.1, 0.15) is 99.5 Å². The van der Waals surface area contributed by atoms with Gasteiger partial charge in [-0.15, -0.1) is 0 Å². The molecule has 0 aromatic heterocycles. The van der Waals surface area contributed by atoms with Crippen molar-refractivity contribution >= 4 is 24.2 Å². The number of esters is 1. The van der Waals surface area contributed by atoms with Crippen molar-refractivity contribution in [1.82, 2.24) is 0 Å². The fraction of sp³-hybridized carbons (Fsp3) is 0.667. The number of aliphatic carboxylic acids is 1. The number of hydrogen-bond acceptors (Lipinski definition) is 10. The van der Waals surface area contributed by atoms with Crippen molar-refractivity contribution < 1.29 is 48.0 Å². The van der Waals surface area contributed by atoms with Gasteiger partial charge in [0.25, 0.3) is 0 Å². The molecule has 0 aliphatic heterocycles. The number of carbonyl (C=O) groups is 4. The minimum atomic E-state index is -1.41. The van der Waals surface area contributed by atoms with E-state index in [0.29, 0.717) is 18.4 Å². The number of carboxylic acid groups (broad SMARTS) is 1. The Morgan fingerprint density at radius 1 is 0.829 bits per heavy atom. The van der Waals surface area contributed by atoms with Crippen LogP contribution in [-0.2, 0) is 23.8 Å². The molecule has 11 nitrogen and oxygen atoms in total. The van der Waals surface area contributed by atoms with E-state index < -0.39 is 65.9 Å². The molecular weight excluding hydrogens is 534 g/mol. The summed E-state index contributed by atoms with van der Waals surface area (Å²) < 4.78 is 26.9. The van der Waals surface area contributed by atoms with Gasteiger partial charge in [0.05, 0.1) is 5.41 Å². The monoisotopic (exact) mass is 581 g/mol. The van der Waals surface area contributed by atoms with Gasteiger partial charge in [-0.1, -0.05) is 39.7 Å². The van der Waals surface area contributed by atoms with Crippen LogP contribution in [0, 0.1) is 11.3 Å². The second-order valence-electron chi connectivity index (χ2n) is 11.5. The predicted octanol–water partition coefficient (Wildman–Crippen LogP) is 6.20. The van der Waals surface area contributed by atoms with Gasteiger partial charge >= 0.3 is 24.2 Å². The van der Waals surface area contributed by atoms with Crippen LogP contribution in [0.5, 0.6) is 11.5 Å². The lowest BCUT2D eigenvalue weighted by Crippen LogP contribution is -2.43. The van der Waals surface area contributed by atoms with Crippen LogP contribution in [0.15, 0.2) is 18.2 Å². The quantitative estimate of drug-likeness (QED) is 0.146. The minimum absolute atomic E-state index is 0.134. The molecule has 0 saturated carbocycles. The van der Waals surface area contributed by atoms with Crippen molar-refractivity contribution in [2.45, 2.75) is 118 Å². The van der Waals surface area contributed by atoms with Crippen LogP contribution < -0.4 is 15.2 Å². The first-order valence-electron chi connectivity index (χ1n) is 14.1. The Morgan fingerprint density at radius 3 is 1.76 bits per heavy atom. The summed E-state index contributed by atoms with van der Waals surface area (Å²) in [6.45, 7) is 15.8. The van der Waals surface area contributed by atoms with E-state index in [9.17, 15) is 24.3 Å². The number of carboxylic acids is 1. The van der Waals surface area contributed by atoms with Gasteiger partial charge in [0, 0.05) is 11.8 Å². The molecule has 5 unspecified atom stereocenters. The Labute approximate surface area is 243 Å². The summed E-state index contributed by atoms with van der Waals surface area (Å²) in [5, 5.41) is 9.80. The summed E-state index contributed by atoms with van der Waals surface area (Å²) in [6.07, 6.45) is -0.740. The molecule has 0 radical (unpaired) electrons. The zero-order valence-electron chi connectivity index (χ0n) is 25.7. The highest BCUT2D eigenvalue weighted by molar-refractivity contribution is 5.76. The molecule has 0 saturated heterocycles. The van der Waals surface area contributed by atoms with Gasteiger partial charge in [0.1, 0.15) is 24.4 Å². The number of ether oxygens (including phenoxy) is 5. The van der Waals surface area contributed by atoms with Crippen LogP contribution in [0.3, 0.4) is 0 Å². The van der Waals surface area contributed by atoms with Crippen molar-refractivity contribution in [2.24, 2.45) is 17.1 Å². The summed E-state index contributed by atoms with van der Waals surface area (Å²) >= 11 is 0. The fourth-order valence-corrected chi connectivity index (χ4v) is 4.12. The Morgan fingerprint density at radius 2 is 1.32 bits per heavy atom. The number of carbonyl (C=O) groups excluding carboxylic acids is 3. The second kappa shape index (κ2) is 16.2. The molecule has 0 heterocycles. The third-order valence-corrected chi connectivity index (χ3v) is 6.61. The van der Waals surface area contributed by atoms with Crippen molar-refractivity contribution in [3.8, 4) is 11.5 Å². The van der Waals surface area contributed by atoms with E-state index in [-0.39, 0.29) is 11.5 Å². The van der Waals surface area contributed by atoms with Crippen molar-refractivity contribution in [3.63, 3.8) is 0 Å². The lowest BCUT2D eigenvalue weighted by Gasteiger charge is -2.33. The molecule has 0 bridgehead atoms. The summed E-state index contributed by atoms with van der Waals surface area (Å²) in [4.78, 5) is 49.5. The van der Waals surface area contributed by atoms with Crippen LogP contribution >= 0.6 is 0 Å². The fourth-order valence-electron chi connectivity index (χ4n) is 4.12. The first-order valence-corrected chi connectivity index (χ1v) is 14.1. The summed E-state index contributed by atoms with van der Waals surface area (Å²) in [5.41, 5.74) is 5.71. The lowest BCUT2D eigenvalue weighted by molar-refractivity contribution is -0.160. The molecule has 0 aliphatic carbocycles. The number of nitrogens with two attached hydrogens (primary N) is 1. The lowest BCUT2D eigenvalue weighted by atomic mass is 9.79. The molecule has 0 amide bonds. The van der Waals surface area contributed by atoms with E-state index in [1.807, 2.05) is 13.8 Å². The van der Waals surface area contributed by atoms with Crippen LogP contribution in [0.4, 0.5) is 9.59 Å². The zero-order chi connectivity index (χ0) is 31.5. The van der Waals surface area contributed by atoms with Crippen molar-refractivity contribution in [3.05, 3.63) is 23.8 Å². The van der Waals surface area contributed by atoms with E-state index >= 15 is 0 Å². The smallest absolute Gasteiger partial charge is 0.480 e. The van der Waals surface area contributed by atoms with E-state index in [4.69, 9.17) is 29.4 Å². The normalized spacial score (nSPS) is 15.9. The Balaban J connectivity index is 3.48. The number of benzene rings is 1. The standard InChI is InChI=1S/C30H47NO10/c1-10-12-17(3)37-28(35)40-22-15-14-21(16-23(22)41-29(36)38-18(4)13-11-2)24(25(31)26(32)33)19(5)20(6)39-27(34)30(7,8)9/h14-20,24-25H,10-13,31H2,1-9H3,(H,32,33)/t17?,18?,19?,20?,24?,25-/m0/s1. The molecule has 0 aliphatic rings. The van der Waals surface area contributed by atoms with E-state index in [2.05, 4.69) is 0 Å². The highest BCUT2D eigenvalue weighted by Gasteiger charge is 2.37. The largest absolute Gasteiger partial charge is 0.514 e. The molecular formula is C30H47NO10. The molecule has 0 fully saturated rings. The molecule has 0 spiro atoms. The first kappa shape index (κ1) is 35.7. The minimum Gasteiger partial charge on any atom is -0.480 e. The molecule has 11 heteroatoms. The molecule has 1 aromatic rings. The maximum atomic E-state index is 12.6. The number of rotatable bonds is 14. The Bertz CT molecular complexity index is 1030. The SMILES string of the molecule is CCCC(C)OC(=O)Oc1ccc(C(C(C)C(C)OC(=O)C(C)(C)C)[C@H](N)C(=O)O)cc1OC(=O)OC(C)CCC. The van der Waals surface area contributed by atoms with Crippen LogP contribution in [-0.4, -0.2) is 53.7 Å². The summed E-state index contributed by atoms with van der Waals surface area (Å²) in [6, 6.07) is 2.83. The van der Waals surface area contributed by atoms with Gasteiger partial charge in [-0.05, 0) is 72.1 Å². The third-order valence-electron chi connectivity index (χ3n) is 6.61. The molecule has 41 heavy (non-hydrogen) atoms. The number of hydrogen-bond donors (Lipinski definition) is 2. The Hall–Kier alpha value is -3.34. The van der Waals surface area contributed by atoms with Crippen LogP contribution in [0.2, 0.25) is 0 Å². The van der Waals surface area contributed by atoms with E-state index in [0.717, 1.165) is 12.8 Å². The van der Waals surface area contributed by atoms with Gasteiger partial charge < -0.3 is 34.5 Å². The van der Waals surface area contributed by atoms with Crippen molar-refractivity contribution in [1.29, 1.82) is 0 Å². The van der Waals surface area contributed by atoms with Gasteiger partial charge in [-0.2, -0.15) is 0 Å². The second-order valence-corrected chi connectivity index (χ2v) is 11.5. The van der Waals surface area contributed by atoms with Gasteiger partial charge in [-0.3, -0.25) is 9.59 Å². The highest BCUT2D eigenvalue weighted by atomic mass is 16.7. The van der Waals surface area contributed by atoms with Gasteiger partial charge in [0.15, 0.2) is 11.5 Å². The van der Waals surface area contributed by atoms with E-state index in [1.54, 1.807) is 48.5 Å². The molecule has 1 rings (SSSR count). The summed E-state index contributed by atoms with van der Waals surface area (Å²) in [7, 11) is 0. The van der Waals surface area contributed by atoms with E-state index in [1.165, 1.54) is 18.2 Å². The van der Waals surface area contributed by atoms with Crippen molar-refractivity contribution in [2.75, 3.05) is 0 Å². The topological polar surface area (TPSA) is 161 Å². The summed E-state index contributed by atoms with van der Waals surface area (Å²) in [5.74, 6) is -3.52. The van der Waals surface area contributed by atoms with Crippen LogP contribution in [0.25, 0.3) is 0 Å². The maximum Gasteiger partial charge on any atom is 0.514 e. The zero-order valence-corrected chi connectivity index (χ0v) is 25.7. The third kappa shape index (κ3) is 11.6.